The number of carbonyl (C=O) groups is 1. The lowest BCUT2D eigenvalue weighted by Crippen LogP contribution is -2.13. The fourth-order valence-corrected chi connectivity index (χ4v) is 3.97. The van der Waals surface area contributed by atoms with Gasteiger partial charge in [-0.2, -0.15) is 0 Å². The highest BCUT2D eigenvalue weighted by Gasteiger charge is 2.26. The van der Waals surface area contributed by atoms with Crippen LogP contribution in [-0.4, -0.2) is 28.9 Å². The Morgan fingerprint density at radius 3 is 2.80 bits per heavy atom. The molecule has 0 saturated heterocycles. The maximum atomic E-state index is 12.3. The Morgan fingerprint density at radius 2 is 2.05 bits per heavy atom. The molecule has 5 heteroatoms. The Balaban J connectivity index is 2.04. The minimum atomic E-state index is -0.317. The molecule has 0 spiro atoms. The molecule has 0 aromatic carbocycles. The van der Waals surface area contributed by atoms with Gasteiger partial charge in [0.1, 0.15) is 11.6 Å². The molecule has 4 nitrogen and oxygen atoms in total. The Bertz CT molecular complexity index is 601. The molecular formula is C15H17NO3S. The maximum Gasteiger partial charge on any atom is 0.341 e. The van der Waals surface area contributed by atoms with Gasteiger partial charge in [0.2, 0.25) is 0 Å². The standard InChI is InChI=1S/C15H17NO3S/c17-9-10-19-15(18)13-11-5-1-2-6-12(11)20-14(13)16-7-3-4-8-16/h3-4,7-8,17H,1-2,5-6,9-10H2. The largest absolute Gasteiger partial charge is 0.460 e. The Labute approximate surface area is 121 Å². The summed E-state index contributed by atoms with van der Waals surface area (Å²) in [6.07, 6.45) is 8.18. The van der Waals surface area contributed by atoms with E-state index in [2.05, 4.69) is 0 Å². The van der Waals surface area contributed by atoms with Crippen LogP contribution < -0.4 is 0 Å². The maximum absolute atomic E-state index is 12.3. The number of esters is 1. The molecule has 0 aliphatic heterocycles. The molecule has 0 fully saturated rings. The molecule has 0 bridgehead atoms. The summed E-state index contributed by atoms with van der Waals surface area (Å²) < 4.78 is 7.12. The summed E-state index contributed by atoms with van der Waals surface area (Å²) in [7, 11) is 0. The number of thiophene rings is 1. The van der Waals surface area contributed by atoms with Gasteiger partial charge in [0.25, 0.3) is 0 Å². The average Bonchev–Trinajstić information content (AvgIpc) is 3.11. The second kappa shape index (κ2) is 5.81. The quantitative estimate of drug-likeness (QED) is 0.881. The molecule has 1 aliphatic carbocycles. The first-order valence-corrected chi connectivity index (χ1v) is 7.69. The third-order valence-electron chi connectivity index (χ3n) is 3.52. The Morgan fingerprint density at radius 1 is 1.30 bits per heavy atom. The van der Waals surface area contributed by atoms with Gasteiger partial charge in [-0.3, -0.25) is 0 Å². The predicted molar refractivity (Wildman–Crippen MR) is 77.7 cm³/mol. The Hall–Kier alpha value is -1.59. The minimum absolute atomic E-state index is 0.0502. The van der Waals surface area contributed by atoms with Gasteiger partial charge in [0, 0.05) is 17.3 Å². The van der Waals surface area contributed by atoms with E-state index in [1.165, 1.54) is 11.3 Å². The van der Waals surface area contributed by atoms with E-state index in [0.717, 1.165) is 29.8 Å². The number of hydrogen-bond acceptors (Lipinski definition) is 4. The van der Waals surface area contributed by atoms with Gasteiger partial charge in [-0.25, -0.2) is 4.79 Å². The van der Waals surface area contributed by atoms with Gasteiger partial charge in [-0.15, -0.1) is 11.3 Å². The molecule has 106 valence electrons. The van der Waals surface area contributed by atoms with E-state index in [4.69, 9.17) is 9.84 Å². The molecule has 0 atom stereocenters. The number of aromatic nitrogens is 1. The molecular weight excluding hydrogens is 274 g/mol. The van der Waals surface area contributed by atoms with Crippen LogP contribution in [0.15, 0.2) is 24.5 Å². The van der Waals surface area contributed by atoms with Gasteiger partial charge >= 0.3 is 5.97 Å². The number of aliphatic hydroxyl groups excluding tert-OH is 1. The van der Waals surface area contributed by atoms with E-state index in [9.17, 15) is 4.79 Å². The van der Waals surface area contributed by atoms with Crippen molar-refractivity contribution < 1.29 is 14.6 Å². The second-order valence-corrected chi connectivity index (χ2v) is 5.92. The van der Waals surface area contributed by atoms with Gasteiger partial charge in [0.05, 0.1) is 12.2 Å². The first-order chi connectivity index (χ1) is 9.81. The van der Waals surface area contributed by atoms with Crippen molar-refractivity contribution in [3.63, 3.8) is 0 Å². The summed E-state index contributed by atoms with van der Waals surface area (Å²) in [6, 6.07) is 3.89. The third-order valence-corrected chi connectivity index (χ3v) is 4.83. The fraction of sp³-hybridized carbons (Fsp3) is 0.400. The van der Waals surface area contributed by atoms with Crippen molar-refractivity contribution in [3.8, 4) is 5.00 Å². The van der Waals surface area contributed by atoms with E-state index >= 15 is 0 Å². The van der Waals surface area contributed by atoms with Gasteiger partial charge in [-0.05, 0) is 43.4 Å². The first-order valence-electron chi connectivity index (χ1n) is 6.87. The highest BCUT2D eigenvalue weighted by Crippen LogP contribution is 2.37. The molecule has 2 aromatic heterocycles. The number of fused-ring (bicyclic) bond motifs is 1. The van der Waals surface area contributed by atoms with Crippen molar-refractivity contribution in [3.05, 3.63) is 40.5 Å². The molecule has 20 heavy (non-hydrogen) atoms. The van der Waals surface area contributed by atoms with Crippen molar-refractivity contribution >= 4 is 17.3 Å². The van der Waals surface area contributed by atoms with Gasteiger partial charge in [-0.1, -0.05) is 0 Å². The third kappa shape index (κ3) is 2.39. The lowest BCUT2D eigenvalue weighted by Gasteiger charge is -2.12. The number of carbonyl (C=O) groups excluding carboxylic acids is 1. The molecule has 0 saturated carbocycles. The second-order valence-electron chi connectivity index (χ2n) is 4.84. The van der Waals surface area contributed by atoms with E-state index in [1.807, 2.05) is 29.1 Å². The van der Waals surface area contributed by atoms with Crippen LogP contribution in [0.4, 0.5) is 0 Å². The van der Waals surface area contributed by atoms with E-state index in [1.54, 1.807) is 11.3 Å². The Kier molecular flexibility index (Phi) is 3.89. The van der Waals surface area contributed by atoms with E-state index in [0.29, 0.717) is 5.56 Å². The number of hydrogen-bond donors (Lipinski definition) is 1. The summed E-state index contributed by atoms with van der Waals surface area (Å²) in [4.78, 5) is 13.6. The minimum Gasteiger partial charge on any atom is -0.460 e. The van der Waals surface area contributed by atoms with Crippen LogP contribution in [0.2, 0.25) is 0 Å². The number of aliphatic hydroxyl groups is 1. The molecule has 2 aromatic rings. The number of ether oxygens (including phenoxy) is 1. The average molecular weight is 291 g/mol. The van der Waals surface area contributed by atoms with E-state index < -0.39 is 0 Å². The van der Waals surface area contributed by atoms with Crippen molar-refractivity contribution in [2.45, 2.75) is 25.7 Å². The fourth-order valence-electron chi connectivity index (χ4n) is 2.62. The van der Waals surface area contributed by atoms with Crippen LogP contribution in [0.5, 0.6) is 0 Å². The summed E-state index contributed by atoms with van der Waals surface area (Å²) >= 11 is 1.68. The van der Waals surface area contributed by atoms with Crippen LogP contribution in [-0.2, 0) is 17.6 Å². The van der Waals surface area contributed by atoms with Crippen molar-refractivity contribution in [2.75, 3.05) is 13.2 Å². The van der Waals surface area contributed by atoms with Crippen molar-refractivity contribution in [1.82, 2.24) is 4.57 Å². The summed E-state index contributed by atoms with van der Waals surface area (Å²) in [5, 5.41) is 9.76. The first kappa shape index (κ1) is 13.4. The zero-order valence-corrected chi connectivity index (χ0v) is 12.0. The van der Waals surface area contributed by atoms with Crippen molar-refractivity contribution in [2.24, 2.45) is 0 Å². The predicted octanol–water partition coefficient (Wildman–Crippen LogP) is 2.57. The SMILES string of the molecule is O=C(OCCO)c1c(-n2cccc2)sc2c1CCCC2. The summed E-state index contributed by atoms with van der Waals surface area (Å²) in [6.45, 7) is -0.0918. The van der Waals surface area contributed by atoms with Crippen LogP contribution in [0.3, 0.4) is 0 Å². The zero-order chi connectivity index (χ0) is 13.9. The molecule has 3 rings (SSSR count). The normalized spacial score (nSPS) is 14.1. The van der Waals surface area contributed by atoms with Gasteiger partial charge < -0.3 is 14.4 Å². The van der Waals surface area contributed by atoms with Crippen LogP contribution in [0, 0.1) is 0 Å². The number of nitrogens with zero attached hydrogens (tertiary/aromatic N) is 1. The van der Waals surface area contributed by atoms with E-state index in [-0.39, 0.29) is 19.2 Å². The lowest BCUT2D eigenvalue weighted by atomic mass is 9.95. The molecule has 0 radical (unpaired) electrons. The molecule has 0 amide bonds. The topological polar surface area (TPSA) is 51.5 Å². The highest BCUT2D eigenvalue weighted by atomic mass is 32.1. The van der Waals surface area contributed by atoms with Crippen molar-refractivity contribution in [1.29, 1.82) is 0 Å². The van der Waals surface area contributed by atoms with Crippen LogP contribution in [0.1, 0.15) is 33.6 Å². The monoisotopic (exact) mass is 291 g/mol. The number of aryl methyl sites for hydroxylation is 1. The van der Waals surface area contributed by atoms with Crippen LogP contribution >= 0.6 is 11.3 Å². The van der Waals surface area contributed by atoms with Gasteiger partial charge in [0.15, 0.2) is 0 Å². The smallest absolute Gasteiger partial charge is 0.341 e. The zero-order valence-electron chi connectivity index (χ0n) is 11.2. The lowest BCUT2D eigenvalue weighted by molar-refractivity contribution is 0.0433. The number of rotatable bonds is 4. The molecule has 2 heterocycles. The van der Waals surface area contributed by atoms with Crippen LogP contribution in [0.25, 0.3) is 5.00 Å². The molecule has 1 N–H and O–H groups in total. The molecule has 0 unspecified atom stereocenters. The summed E-state index contributed by atoms with van der Waals surface area (Å²) in [5.41, 5.74) is 1.84. The summed E-state index contributed by atoms with van der Waals surface area (Å²) in [5.74, 6) is -0.317. The molecule has 1 aliphatic rings. The highest BCUT2D eigenvalue weighted by molar-refractivity contribution is 7.15.